The smallest absolute Gasteiger partial charge is 0.240 e. The van der Waals surface area contributed by atoms with E-state index in [1.54, 1.807) is 19.2 Å². The second kappa shape index (κ2) is 4.02. The lowest BCUT2D eigenvalue weighted by Crippen LogP contribution is -2.25. The summed E-state index contributed by atoms with van der Waals surface area (Å²) >= 11 is 0. The zero-order chi connectivity index (χ0) is 10.8. The van der Waals surface area contributed by atoms with Gasteiger partial charge in [0.2, 0.25) is 5.91 Å². The van der Waals surface area contributed by atoms with Gasteiger partial charge in [-0.25, -0.2) is 0 Å². The van der Waals surface area contributed by atoms with Crippen molar-refractivity contribution in [1.29, 1.82) is 0 Å². The first kappa shape index (κ1) is 10.2. The summed E-state index contributed by atoms with van der Waals surface area (Å²) in [6, 6.07) is 7.23. The molecule has 1 heterocycles. The van der Waals surface area contributed by atoms with Gasteiger partial charge in [0.1, 0.15) is 17.4 Å². The number of ether oxygens (including phenoxy) is 1. The number of hydrogen-bond donors (Lipinski definition) is 0. The van der Waals surface area contributed by atoms with Gasteiger partial charge in [0, 0.05) is 0 Å². The van der Waals surface area contributed by atoms with E-state index in [1.807, 2.05) is 12.1 Å². The SMILES string of the molecule is COc1ccccc1N1CS(=O)CC1=O. The van der Waals surface area contributed by atoms with E-state index in [0.29, 0.717) is 11.4 Å². The quantitative estimate of drug-likeness (QED) is 0.746. The second-order valence-corrected chi connectivity index (χ2v) is 4.63. The number of methoxy groups -OCH3 is 1. The normalized spacial score (nSPS) is 20.7. The summed E-state index contributed by atoms with van der Waals surface area (Å²) in [5.74, 6) is 0.889. The predicted octanol–water partition coefficient (Wildman–Crippen LogP) is 0.748. The fourth-order valence-corrected chi connectivity index (χ4v) is 2.63. The van der Waals surface area contributed by atoms with Crippen LogP contribution in [0.5, 0.6) is 5.75 Å². The minimum Gasteiger partial charge on any atom is -0.495 e. The van der Waals surface area contributed by atoms with E-state index >= 15 is 0 Å². The number of para-hydroxylation sites is 2. The van der Waals surface area contributed by atoms with Crippen LogP contribution in [0.15, 0.2) is 24.3 Å². The Balaban J connectivity index is 2.37. The molecule has 1 saturated heterocycles. The van der Waals surface area contributed by atoms with Crippen LogP contribution >= 0.6 is 0 Å². The van der Waals surface area contributed by atoms with Crippen molar-refractivity contribution in [2.24, 2.45) is 0 Å². The molecule has 5 heteroatoms. The van der Waals surface area contributed by atoms with Gasteiger partial charge in [-0.2, -0.15) is 0 Å². The van der Waals surface area contributed by atoms with Crippen molar-refractivity contribution in [3.63, 3.8) is 0 Å². The Morgan fingerprint density at radius 2 is 2.13 bits per heavy atom. The van der Waals surface area contributed by atoms with E-state index in [1.165, 1.54) is 4.90 Å². The molecule has 1 amide bonds. The van der Waals surface area contributed by atoms with Crippen LogP contribution in [0.25, 0.3) is 0 Å². The number of nitrogens with zero attached hydrogens (tertiary/aromatic N) is 1. The molecule has 0 aliphatic carbocycles. The van der Waals surface area contributed by atoms with E-state index < -0.39 is 10.8 Å². The third-order valence-electron chi connectivity index (χ3n) is 2.23. The Morgan fingerprint density at radius 1 is 1.40 bits per heavy atom. The molecule has 0 spiro atoms. The van der Waals surface area contributed by atoms with Crippen molar-refractivity contribution in [3.8, 4) is 5.75 Å². The van der Waals surface area contributed by atoms with Crippen molar-refractivity contribution < 1.29 is 13.7 Å². The number of hydrogen-bond acceptors (Lipinski definition) is 3. The van der Waals surface area contributed by atoms with Crippen molar-refractivity contribution in [3.05, 3.63) is 24.3 Å². The van der Waals surface area contributed by atoms with Gasteiger partial charge in [-0.15, -0.1) is 0 Å². The molecule has 0 aromatic heterocycles. The van der Waals surface area contributed by atoms with Crippen LogP contribution in [-0.4, -0.2) is 28.9 Å². The summed E-state index contributed by atoms with van der Waals surface area (Å²) in [6.45, 7) is 0. The number of carbonyl (C=O) groups is 1. The van der Waals surface area contributed by atoms with E-state index in [2.05, 4.69) is 0 Å². The lowest BCUT2D eigenvalue weighted by atomic mass is 10.2. The standard InChI is InChI=1S/C10H11NO3S/c1-14-9-5-3-2-4-8(9)11-7-15(13)6-10(11)12/h2-5H,6-7H2,1H3. The number of rotatable bonds is 2. The van der Waals surface area contributed by atoms with Gasteiger partial charge in [0.15, 0.2) is 0 Å². The Labute approximate surface area is 90.3 Å². The highest BCUT2D eigenvalue weighted by molar-refractivity contribution is 7.86. The maximum atomic E-state index is 11.5. The van der Waals surface area contributed by atoms with E-state index in [9.17, 15) is 9.00 Å². The van der Waals surface area contributed by atoms with Crippen molar-refractivity contribution >= 4 is 22.4 Å². The molecule has 80 valence electrons. The molecule has 4 nitrogen and oxygen atoms in total. The number of carbonyl (C=O) groups excluding carboxylic acids is 1. The summed E-state index contributed by atoms with van der Waals surface area (Å²) in [6.07, 6.45) is 0. The lowest BCUT2D eigenvalue weighted by molar-refractivity contribution is -0.115. The zero-order valence-corrected chi connectivity index (χ0v) is 9.12. The summed E-state index contributed by atoms with van der Waals surface area (Å²) in [7, 11) is 0.479. The van der Waals surface area contributed by atoms with E-state index in [-0.39, 0.29) is 17.5 Å². The van der Waals surface area contributed by atoms with Gasteiger partial charge in [-0.1, -0.05) is 12.1 Å². The van der Waals surface area contributed by atoms with Crippen LogP contribution in [0.1, 0.15) is 0 Å². The zero-order valence-electron chi connectivity index (χ0n) is 8.30. The topological polar surface area (TPSA) is 46.6 Å². The Hall–Kier alpha value is -1.36. The Bertz CT molecular complexity index is 419. The van der Waals surface area contributed by atoms with Crippen LogP contribution in [0.4, 0.5) is 5.69 Å². The van der Waals surface area contributed by atoms with Gasteiger partial charge < -0.3 is 4.74 Å². The average molecular weight is 225 g/mol. The first-order chi connectivity index (χ1) is 7.22. The summed E-state index contributed by atoms with van der Waals surface area (Å²) < 4.78 is 16.4. The van der Waals surface area contributed by atoms with Gasteiger partial charge >= 0.3 is 0 Å². The van der Waals surface area contributed by atoms with Crippen molar-refractivity contribution in [2.45, 2.75) is 0 Å². The monoisotopic (exact) mass is 225 g/mol. The maximum absolute atomic E-state index is 11.5. The van der Waals surface area contributed by atoms with Gasteiger partial charge in [-0.3, -0.25) is 13.9 Å². The Morgan fingerprint density at radius 3 is 2.73 bits per heavy atom. The molecular formula is C10H11NO3S. The molecule has 2 rings (SSSR count). The first-order valence-corrected chi connectivity index (χ1v) is 5.99. The second-order valence-electron chi connectivity index (χ2n) is 3.21. The number of benzene rings is 1. The van der Waals surface area contributed by atoms with Crippen LogP contribution in [0, 0.1) is 0 Å². The van der Waals surface area contributed by atoms with Gasteiger partial charge in [0.05, 0.1) is 23.6 Å². The summed E-state index contributed by atoms with van der Waals surface area (Å²) in [4.78, 5) is 13.0. The highest BCUT2D eigenvalue weighted by atomic mass is 32.2. The number of anilines is 1. The maximum Gasteiger partial charge on any atom is 0.240 e. The minimum atomic E-state index is -1.07. The fraction of sp³-hybridized carbons (Fsp3) is 0.300. The molecule has 0 saturated carbocycles. The first-order valence-electron chi connectivity index (χ1n) is 4.50. The fourth-order valence-electron chi connectivity index (χ4n) is 1.53. The van der Waals surface area contributed by atoms with Gasteiger partial charge in [0.25, 0.3) is 0 Å². The third-order valence-corrected chi connectivity index (χ3v) is 3.35. The molecule has 0 radical (unpaired) electrons. The molecule has 1 aromatic rings. The molecule has 1 aromatic carbocycles. The third kappa shape index (κ3) is 1.87. The predicted molar refractivity (Wildman–Crippen MR) is 58.4 cm³/mol. The molecule has 1 fully saturated rings. The van der Waals surface area contributed by atoms with Crippen LogP contribution in [0.3, 0.4) is 0 Å². The molecule has 15 heavy (non-hydrogen) atoms. The molecule has 1 unspecified atom stereocenters. The highest BCUT2D eigenvalue weighted by Crippen LogP contribution is 2.29. The van der Waals surface area contributed by atoms with Crippen molar-refractivity contribution in [1.82, 2.24) is 0 Å². The van der Waals surface area contributed by atoms with E-state index in [4.69, 9.17) is 4.74 Å². The van der Waals surface area contributed by atoms with Crippen LogP contribution in [0.2, 0.25) is 0 Å². The number of amides is 1. The summed E-state index contributed by atoms with van der Waals surface area (Å²) in [5, 5.41) is 0. The Kier molecular flexibility index (Phi) is 2.73. The molecule has 0 N–H and O–H groups in total. The molecule has 1 atom stereocenters. The summed E-state index contributed by atoms with van der Waals surface area (Å²) in [5.41, 5.74) is 0.691. The minimum absolute atomic E-state index is 0.109. The van der Waals surface area contributed by atoms with Crippen LogP contribution in [-0.2, 0) is 15.6 Å². The largest absolute Gasteiger partial charge is 0.495 e. The highest BCUT2D eigenvalue weighted by Gasteiger charge is 2.29. The van der Waals surface area contributed by atoms with Gasteiger partial charge in [-0.05, 0) is 12.1 Å². The molecule has 1 aliphatic rings. The molecular weight excluding hydrogens is 214 g/mol. The van der Waals surface area contributed by atoms with Crippen LogP contribution < -0.4 is 9.64 Å². The van der Waals surface area contributed by atoms with E-state index in [0.717, 1.165) is 0 Å². The molecule has 1 aliphatic heterocycles. The average Bonchev–Trinajstić information content (AvgIpc) is 2.57. The van der Waals surface area contributed by atoms with Crippen molar-refractivity contribution in [2.75, 3.05) is 23.6 Å². The lowest BCUT2D eigenvalue weighted by Gasteiger charge is -2.17. The molecule has 0 bridgehead atoms.